The molecule has 2 rings (SSSR count). The third-order valence-electron chi connectivity index (χ3n) is 3.87. The fourth-order valence-corrected chi connectivity index (χ4v) is 3.00. The first kappa shape index (κ1) is 17.5. The van der Waals surface area contributed by atoms with Gasteiger partial charge in [0.25, 0.3) is 0 Å². The van der Waals surface area contributed by atoms with Gasteiger partial charge in [-0.25, -0.2) is 4.98 Å². The average Bonchev–Trinajstić information content (AvgIpc) is 2.96. The molecule has 1 aromatic carbocycles. The molecule has 0 aliphatic heterocycles. The maximum Gasteiger partial charge on any atom is 0.236 e. The molecule has 1 N–H and O–H groups in total. The van der Waals surface area contributed by atoms with Gasteiger partial charge < -0.3 is 10.1 Å². The Bertz CT molecular complexity index is 682. The molecule has 0 bridgehead atoms. The van der Waals surface area contributed by atoms with Gasteiger partial charge in [-0.2, -0.15) is 0 Å². The number of anilines is 1. The SMILES string of the molecule is COc1ccc(C(C)(C)C(=O)Nc2nc(C(C)(C)C)cs2)cc1. The monoisotopic (exact) mass is 332 g/mol. The predicted molar refractivity (Wildman–Crippen MR) is 95.5 cm³/mol. The number of amides is 1. The van der Waals surface area contributed by atoms with Crippen LogP contribution in [0.2, 0.25) is 0 Å². The molecule has 124 valence electrons. The van der Waals surface area contributed by atoms with Crippen LogP contribution in [-0.2, 0) is 15.6 Å². The third-order valence-corrected chi connectivity index (χ3v) is 4.63. The molecule has 1 heterocycles. The van der Waals surface area contributed by atoms with Crippen molar-refractivity contribution in [3.63, 3.8) is 0 Å². The van der Waals surface area contributed by atoms with E-state index in [-0.39, 0.29) is 11.3 Å². The minimum absolute atomic E-state index is 0.0228. The highest BCUT2D eigenvalue weighted by Crippen LogP contribution is 2.30. The molecule has 0 fully saturated rings. The van der Waals surface area contributed by atoms with Crippen LogP contribution in [0.25, 0.3) is 0 Å². The first-order valence-electron chi connectivity index (χ1n) is 7.56. The van der Waals surface area contributed by atoms with Crippen molar-refractivity contribution in [2.45, 2.75) is 45.4 Å². The largest absolute Gasteiger partial charge is 0.497 e. The minimum atomic E-state index is -0.653. The molecule has 0 aliphatic rings. The van der Waals surface area contributed by atoms with E-state index in [9.17, 15) is 4.79 Å². The Labute approximate surface area is 141 Å². The lowest BCUT2D eigenvalue weighted by Crippen LogP contribution is -2.34. The van der Waals surface area contributed by atoms with Crippen LogP contribution in [0.3, 0.4) is 0 Å². The second-order valence-corrected chi connectivity index (χ2v) is 7.95. The molecule has 0 saturated carbocycles. The van der Waals surface area contributed by atoms with Crippen LogP contribution in [-0.4, -0.2) is 18.0 Å². The molecule has 1 amide bonds. The van der Waals surface area contributed by atoms with Gasteiger partial charge in [-0.15, -0.1) is 11.3 Å². The van der Waals surface area contributed by atoms with Crippen molar-refractivity contribution in [2.75, 3.05) is 12.4 Å². The fraction of sp³-hybridized carbons (Fsp3) is 0.444. The van der Waals surface area contributed by atoms with Gasteiger partial charge in [0, 0.05) is 10.8 Å². The number of hydrogen-bond donors (Lipinski definition) is 1. The van der Waals surface area contributed by atoms with Crippen LogP contribution < -0.4 is 10.1 Å². The zero-order valence-electron chi connectivity index (χ0n) is 14.6. The molecule has 0 radical (unpaired) electrons. The van der Waals surface area contributed by atoms with E-state index in [1.165, 1.54) is 11.3 Å². The smallest absolute Gasteiger partial charge is 0.236 e. The van der Waals surface area contributed by atoms with Crippen LogP contribution in [0.4, 0.5) is 5.13 Å². The normalized spacial score (nSPS) is 12.1. The van der Waals surface area contributed by atoms with E-state index in [2.05, 4.69) is 31.1 Å². The Hall–Kier alpha value is -1.88. The van der Waals surface area contributed by atoms with Crippen molar-refractivity contribution in [1.29, 1.82) is 0 Å². The summed E-state index contributed by atoms with van der Waals surface area (Å²) < 4.78 is 5.16. The maximum atomic E-state index is 12.7. The Morgan fingerprint density at radius 3 is 2.22 bits per heavy atom. The molecule has 0 aliphatic carbocycles. The average molecular weight is 332 g/mol. The second-order valence-electron chi connectivity index (χ2n) is 7.10. The van der Waals surface area contributed by atoms with Crippen LogP contribution in [0.5, 0.6) is 5.75 Å². The number of rotatable bonds is 4. The molecule has 2 aromatic rings. The number of benzene rings is 1. The number of thiazole rings is 1. The van der Waals surface area contributed by atoms with E-state index in [0.29, 0.717) is 5.13 Å². The van der Waals surface area contributed by atoms with Crippen LogP contribution in [0.1, 0.15) is 45.9 Å². The number of nitrogens with one attached hydrogen (secondary N) is 1. The van der Waals surface area contributed by atoms with Gasteiger partial charge >= 0.3 is 0 Å². The van der Waals surface area contributed by atoms with Crippen molar-refractivity contribution < 1.29 is 9.53 Å². The summed E-state index contributed by atoms with van der Waals surface area (Å²) in [6, 6.07) is 7.57. The summed E-state index contributed by atoms with van der Waals surface area (Å²) in [5, 5.41) is 5.58. The lowest BCUT2D eigenvalue weighted by atomic mass is 9.84. The van der Waals surface area contributed by atoms with Crippen molar-refractivity contribution >= 4 is 22.4 Å². The van der Waals surface area contributed by atoms with Gasteiger partial charge in [0.2, 0.25) is 5.91 Å². The van der Waals surface area contributed by atoms with Gasteiger partial charge in [0.05, 0.1) is 18.2 Å². The number of methoxy groups -OCH3 is 1. The summed E-state index contributed by atoms with van der Waals surface area (Å²) in [7, 11) is 1.63. The van der Waals surface area contributed by atoms with E-state index < -0.39 is 5.41 Å². The number of ether oxygens (including phenoxy) is 1. The number of nitrogens with zero attached hydrogens (tertiary/aromatic N) is 1. The van der Waals surface area contributed by atoms with Crippen LogP contribution in [0, 0.1) is 0 Å². The van der Waals surface area contributed by atoms with Gasteiger partial charge in [-0.3, -0.25) is 4.79 Å². The summed E-state index contributed by atoms with van der Waals surface area (Å²) >= 11 is 1.46. The van der Waals surface area contributed by atoms with Gasteiger partial charge in [0.15, 0.2) is 5.13 Å². The summed E-state index contributed by atoms with van der Waals surface area (Å²) in [6.07, 6.45) is 0. The molecular weight excluding hydrogens is 308 g/mol. The molecule has 0 unspecified atom stereocenters. The van der Waals surface area contributed by atoms with E-state index in [1.807, 2.05) is 43.5 Å². The minimum Gasteiger partial charge on any atom is -0.497 e. The Balaban J connectivity index is 2.16. The fourth-order valence-electron chi connectivity index (χ4n) is 2.07. The lowest BCUT2D eigenvalue weighted by molar-refractivity contribution is -0.120. The topological polar surface area (TPSA) is 51.2 Å². The quantitative estimate of drug-likeness (QED) is 0.905. The zero-order valence-corrected chi connectivity index (χ0v) is 15.4. The Kier molecular flexibility index (Phi) is 4.80. The number of carbonyl (C=O) groups is 1. The van der Waals surface area contributed by atoms with Gasteiger partial charge in [-0.05, 0) is 31.5 Å². The number of hydrogen-bond acceptors (Lipinski definition) is 4. The summed E-state index contributed by atoms with van der Waals surface area (Å²) in [4.78, 5) is 17.2. The predicted octanol–water partition coefficient (Wildman–Crippen LogP) is 4.37. The molecule has 23 heavy (non-hydrogen) atoms. The van der Waals surface area contributed by atoms with Crippen molar-refractivity contribution in [1.82, 2.24) is 4.98 Å². The molecular formula is C18H24N2O2S. The van der Waals surface area contributed by atoms with Crippen molar-refractivity contribution in [2.24, 2.45) is 0 Å². The maximum absolute atomic E-state index is 12.7. The standard InChI is InChI=1S/C18H24N2O2S/c1-17(2,3)14-11-23-16(19-14)20-15(21)18(4,5)12-7-9-13(22-6)10-8-12/h7-11H,1-6H3,(H,19,20,21). The highest BCUT2D eigenvalue weighted by atomic mass is 32.1. The first-order valence-corrected chi connectivity index (χ1v) is 8.44. The first-order chi connectivity index (χ1) is 10.6. The van der Waals surface area contributed by atoms with E-state index in [0.717, 1.165) is 17.0 Å². The number of carbonyl (C=O) groups excluding carboxylic acids is 1. The molecule has 0 saturated heterocycles. The second kappa shape index (κ2) is 6.32. The number of aromatic nitrogens is 1. The molecule has 4 nitrogen and oxygen atoms in total. The highest BCUT2D eigenvalue weighted by molar-refractivity contribution is 7.14. The van der Waals surface area contributed by atoms with Crippen LogP contribution >= 0.6 is 11.3 Å². The molecule has 1 aromatic heterocycles. The van der Waals surface area contributed by atoms with Crippen LogP contribution in [0.15, 0.2) is 29.6 Å². The lowest BCUT2D eigenvalue weighted by Gasteiger charge is -2.23. The van der Waals surface area contributed by atoms with Crippen molar-refractivity contribution in [3.05, 3.63) is 40.9 Å². The summed E-state index contributed by atoms with van der Waals surface area (Å²) in [5.41, 5.74) is 1.24. The van der Waals surface area contributed by atoms with E-state index >= 15 is 0 Å². The highest BCUT2D eigenvalue weighted by Gasteiger charge is 2.30. The zero-order chi connectivity index (χ0) is 17.3. The molecule has 0 spiro atoms. The molecule has 5 heteroatoms. The third kappa shape index (κ3) is 3.91. The van der Waals surface area contributed by atoms with E-state index in [4.69, 9.17) is 4.74 Å². The summed E-state index contributed by atoms with van der Waals surface area (Å²) in [6.45, 7) is 10.1. The summed E-state index contributed by atoms with van der Waals surface area (Å²) in [5.74, 6) is 0.706. The van der Waals surface area contributed by atoms with Gasteiger partial charge in [0.1, 0.15) is 5.75 Å². The van der Waals surface area contributed by atoms with Crippen molar-refractivity contribution in [3.8, 4) is 5.75 Å². The molecule has 0 atom stereocenters. The van der Waals surface area contributed by atoms with E-state index in [1.54, 1.807) is 7.11 Å². The Morgan fingerprint density at radius 2 is 1.74 bits per heavy atom. The van der Waals surface area contributed by atoms with Gasteiger partial charge in [-0.1, -0.05) is 32.9 Å². The Morgan fingerprint density at radius 1 is 1.13 bits per heavy atom.